The molecule has 0 spiro atoms. The monoisotopic (exact) mass is 307 g/mol. The van der Waals surface area contributed by atoms with E-state index in [1.807, 2.05) is 0 Å². The molecule has 1 unspecified atom stereocenters. The van der Waals surface area contributed by atoms with E-state index in [1.54, 1.807) is 12.1 Å². The zero-order valence-corrected chi connectivity index (χ0v) is 11.5. The van der Waals surface area contributed by atoms with Crippen LogP contribution in [0.5, 0.6) is 11.5 Å². The number of fused-ring (bicyclic) bond motifs is 1. The first-order chi connectivity index (χ1) is 9.58. The van der Waals surface area contributed by atoms with Gasteiger partial charge in [0.1, 0.15) is 19.8 Å². The Kier molecular flexibility index (Phi) is 5.39. The molecule has 2 rings (SSSR count). The van der Waals surface area contributed by atoms with E-state index in [1.165, 1.54) is 0 Å². The maximum Gasteiger partial charge on any atom is 0.261 e. The van der Waals surface area contributed by atoms with Crippen molar-refractivity contribution in [3.05, 3.63) is 22.7 Å². The van der Waals surface area contributed by atoms with Crippen LogP contribution in [0, 0.1) is 0 Å². The van der Waals surface area contributed by atoms with Crippen LogP contribution >= 0.6 is 11.6 Å². The van der Waals surface area contributed by atoms with Crippen LogP contribution in [0.15, 0.2) is 12.1 Å². The van der Waals surface area contributed by atoms with E-state index in [0.717, 1.165) is 0 Å². The molecule has 1 aliphatic rings. The quantitative estimate of drug-likeness (QED) is 0.821. The molecule has 2 N–H and O–H groups in total. The van der Waals surface area contributed by atoms with Gasteiger partial charge in [0, 0.05) is 23.7 Å². The number of hydrogen-bond donors (Lipinski definition) is 1. The predicted molar refractivity (Wildman–Crippen MR) is 70.8 cm³/mol. The molecule has 0 bridgehead atoms. The standard InChI is InChI=1S/C13H16ClF2NO3/c14-9-6-12-11(19-3-4-20-12)5-8(9)10(17)1-2-18-7-13(15)16/h5-6,10,13H,1-4,7,17H2. The minimum absolute atomic E-state index is 0.149. The van der Waals surface area contributed by atoms with E-state index in [9.17, 15) is 8.78 Å². The Hall–Kier alpha value is -1.11. The van der Waals surface area contributed by atoms with Crippen molar-refractivity contribution in [2.75, 3.05) is 26.4 Å². The first kappa shape index (κ1) is 15.3. The second-order valence-electron chi connectivity index (χ2n) is 4.38. The highest BCUT2D eigenvalue weighted by molar-refractivity contribution is 6.31. The van der Waals surface area contributed by atoms with Crippen molar-refractivity contribution in [2.45, 2.75) is 18.9 Å². The summed E-state index contributed by atoms with van der Waals surface area (Å²) in [6, 6.07) is 2.98. The van der Waals surface area contributed by atoms with Crippen molar-refractivity contribution in [3.8, 4) is 11.5 Å². The molecule has 20 heavy (non-hydrogen) atoms. The molecule has 0 aromatic heterocycles. The summed E-state index contributed by atoms with van der Waals surface area (Å²) in [6.07, 6.45) is -2.07. The van der Waals surface area contributed by atoms with Crippen LogP contribution in [0.1, 0.15) is 18.0 Å². The van der Waals surface area contributed by atoms with E-state index >= 15 is 0 Å². The summed E-state index contributed by atoms with van der Waals surface area (Å²) < 4.78 is 39.5. The molecule has 112 valence electrons. The van der Waals surface area contributed by atoms with E-state index in [2.05, 4.69) is 0 Å². The molecule has 1 heterocycles. The second kappa shape index (κ2) is 7.06. The fourth-order valence-corrected chi connectivity index (χ4v) is 2.20. The second-order valence-corrected chi connectivity index (χ2v) is 4.79. The van der Waals surface area contributed by atoms with Gasteiger partial charge in [-0.25, -0.2) is 8.78 Å². The van der Waals surface area contributed by atoms with Crippen molar-refractivity contribution in [3.63, 3.8) is 0 Å². The van der Waals surface area contributed by atoms with Crippen LogP contribution in [-0.4, -0.2) is 32.9 Å². The first-order valence-corrected chi connectivity index (χ1v) is 6.66. The van der Waals surface area contributed by atoms with Crippen molar-refractivity contribution in [1.29, 1.82) is 0 Å². The molecule has 0 radical (unpaired) electrons. The fraction of sp³-hybridized carbons (Fsp3) is 0.538. The minimum Gasteiger partial charge on any atom is -0.486 e. The topological polar surface area (TPSA) is 53.7 Å². The lowest BCUT2D eigenvalue weighted by atomic mass is 10.0. The molecule has 7 heteroatoms. The lowest BCUT2D eigenvalue weighted by Crippen LogP contribution is -2.18. The van der Waals surface area contributed by atoms with Crippen LogP contribution < -0.4 is 15.2 Å². The molecule has 1 atom stereocenters. The average molecular weight is 308 g/mol. The zero-order valence-electron chi connectivity index (χ0n) is 10.8. The summed E-state index contributed by atoms with van der Waals surface area (Å²) in [5.41, 5.74) is 6.69. The van der Waals surface area contributed by atoms with Gasteiger partial charge in [0.25, 0.3) is 6.43 Å². The SMILES string of the molecule is NC(CCOCC(F)F)c1cc2c(cc1Cl)OCCO2. The van der Waals surface area contributed by atoms with Crippen LogP contribution in [0.4, 0.5) is 8.78 Å². The molecule has 0 saturated carbocycles. The van der Waals surface area contributed by atoms with Gasteiger partial charge in [-0.2, -0.15) is 0 Å². The Morgan fingerprint density at radius 1 is 1.25 bits per heavy atom. The van der Waals surface area contributed by atoms with Gasteiger partial charge in [-0.15, -0.1) is 0 Å². The van der Waals surface area contributed by atoms with Gasteiger partial charge in [0.05, 0.1) is 0 Å². The third kappa shape index (κ3) is 3.94. The summed E-state index contributed by atoms with van der Waals surface area (Å²) in [7, 11) is 0. The van der Waals surface area contributed by atoms with E-state index in [0.29, 0.717) is 41.7 Å². The van der Waals surface area contributed by atoms with Crippen molar-refractivity contribution in [1.82, 2.24) is 0 Å². The Morgan fingerprint density at radius 2 is 1.90 bits per heavy atom. The lowest BCUT2D eigenvalue weighted by Gasteiger charge is -2.21. The van der Waals surface area contributed by atoms with Crippen LogP contribution in [-0.2, 0) is 4.74 Å². The van der Waals surface area contributed by atoms with E-state index in [-0.39, 0.29) is 6.61 Å². The molecule has 1 aromatic carbocycles. The first-order valence-electron chi connectivity index (χ1n) is 6.28. The summed E-state index contributed by atoms with van der Waals surface area (Å²) in [6.45, 7) is 0.523. The minimum atomic E-state index is -2.47. The largest absolute Gasteiger partial charge is 0.486 e. The number of rotatable bonds is 6. The van der Waals surface area contributed by atoms with Gasteiger partial charge in [-0.1, -0.05) is 11.6 Å². The number of ether oxygens (including phenoxy) is 3. The third-order valence-electron chi connectivity index (χ3n) is 2.88. The highest BCUT2D eigenvalue weighted by Gasteiger charge is 2.18. The van der Waals surface area contributed by atoms with Crippen molar-refractivity contribution in [2.24, 2.45) is 5.73 Å². The fourth-order valence-electron chi connectivity index (χ4n) is 1.90. The molecule has 1 aliphatic heterocycles. The summed E-state index contributed by atoms with van der Waals surface area (Å²) in [4.78, 5) is 0. The number of hydrogen-bond acceptors (Lipinski definition) is 4. The summed E-state index contributed by atoms with van der Waals surface area (Å²) >= 11 is 6.14. The highest BCUT2D eigenvalue weighted by Crippen LogP contribution is 2.37. The van der Waals surface area contributed by atoms with E-state index in [4.69, 9.17) is 31.5 Å². The number of alkyl halides is 2. The highest BCUT2D eigenvalue weighted by atomic mass is 35.5. The average Bonchev–Trinajstić information content (AvgIpc) is 2.42. The summed E-state index contributed by atoms with van der Waals surface area (Å²) in [5, 5.41) is 0.468. The van der Waals surface area contributed by atoms with Crippen LogP contribution in [0.2, 0.25) is 5.02 Å². The van der Waals surface area contributed by atoms with Gasteiger partial charge in [-0.05, 0) is 18.1 Å². The third-order valence-corrected chi connectivity index (χ3v) is 3.21. The number of benzene rings is 1. The molecular weight excluding hydrogens is 292 g/mol. The predicted octanol–water partition coefficient (Wildman–Crippen LogP) is 2.78. The molecular formula is C13H16ClF2NO3. The van der Waals surface area contributed by atoms with Gasteiger partial charge >= 0.3 is 0 Å². The number of nitrogens with two attached hydrogens (primary N) is 1. The summed E-state index contributed by atoms with van der Waals surface area (Å²) in [5.74, 6) is 1.19. The molecule has 0 amide bonds. The molecule has 0 saturated heterocycles. The van der Waals surface area contributed by atoms with Crippen molar-refractivity contribution < 1.29 is 23.0 Å². The van der Waals surface area contributed by atoms with Gasteiger partial charge in [-0.3, -0.25) is 0 Å². The normalized spacial score (nSPS) is 15.4. The zero-order chi connectivity index (χ0) is 14.5. The van der Waals surface area contributed by atoms with Crippen molar-refractivity contribution >= 4 is 11.6 Å². The molecule has 0 aliphatic carbocycles. The Balaban J connectivity index is 1.97. The molecule has 0 fully saturated rings. The smallest absolute Gasteiger partial charge is 0.261 e. The van der Waals surface area contributed by atoms with Gasteiger partial charge in [0.15, 0.2) is 11.5 Å². The maximum atomic E-state index is 11.9. The maximum absolute atomic E-state index is 11.9. The van der Waals surface area contributed by atoms with Crippen LogP contribution in [0.25, 0.3) is 0 Å². The lowest BCUT2D eigenvalue weighted by molar-refractivity contribution is 0.0152. The Labute approximate surface area is 120 Å². The van der Waals surface area contributed by atoms with Crippen LogP contribution in [0.3, 0.4) is 0 Å². The number of halogens is 3. The molecule has 4 nitrogen and oxygen atoms in total. The van der Waals surface area contributed by atoms with Gasteiger partial charge < -0.3 is 19.9 Å². The Morgan fingerprint density at radius 3 is 2.55 bits per heavy atom. The molecule has 1 aromatic rings. The van der Waals surface area contributed by atoms with E-state index < -0.39 is 19.1 Å². The van der Waals surface area contributed by atoms with Gasteiger partial charge in [0.2, 0.25) is 0 Å². The Bertz CT molecular complexity index is 459.